The highest BCUT2D eigenvalue weighted by Crippen LogP contribution is 2.43. The Morgan fingerprint density at radius 3 is 2.36 bits per heavy atom. The lowest BCUT2D eigenvalue weighted by Crippen LogP contribution is -2.30. The minimum atomic E-state index is -4.82. The van der Waals surface area contributed by atoms with E-state index >= 15 is 0 Å². The number of Topliss-reactive ketones (excluding diaryl/α,β-unsaturated/α-hetero) is 1. The molecule has 10 heteroatoms. The molecule has 0 saturated carbocycles. The molecule has 22 heavy (non-hydrogen) atoms. The normalized spacial score (nSPS) is 15.6. The van der Waals surface area contributed by atoms with Crippen molar-refractivity contribution >= 4 is 13.4 Å². The van der Waals surface area contributed by atoms with E-state index in [2.05, 4.69) is 9.62 Å². The summed E-state index contributed by atoms with van der Waals surface area (Å²) < 4.78 is 56.5. The van der Waals surface area contributed by atoms with Gasteiger partial charge in [-0.3, -0.25) is 14.0 Å². The van der Waals surface area contributed by atoms with E-state index in [4.69, 9.17) is 0 Å². The van der Waals surface area contributed by atoms with Gasteiger partial charge in [0.25, 0.3) is 0 Å². The fourth-order valence-corrected chi connectivity index (χ4v) is 2.88. The Hall–Kier alpha value is -1.18. The minimum Gasteiger partial charge on any atom is -0.324 e. The molecule has 0 spiro atoms. The summed E-state index contributed by atoms with van der Waals surface area (Å²) in [6.45, 7) is 5.81. The fourth-order valence-electron chi connectivity index (χ4n) is 1.85. The molecule has 0 aliphatic carbocycles. The summed E-state index contributed by atoms with van der Waals surface area (Å²) in [5, 5.41) is 3.61. The van der Waals surface area contributed by atoms with E-state index in [1.807, 2.05) is 0 Å². The van der Waals surface area contributed by atoms with Gasteiger partial charge in [0.1, 0.15) is 6.16 Å². The quantitative estimate of drug-likeness (QED) is 0.657. The SMILES string of the molecule is CCOP(=O)(O)CC(=O)c1cnn(C(C)(C)C)c1C(F)(F)F. The maximum absolute atomic E-state index is 13.2. The Balaban J connectivity index is 3.29. The monoisotopic (exact) mass is 342 g/mol. The van der Waals surface area contributed by atoms with E-state index in [1.165, 1.54) is 27.7 Å². The molecule has 0 aromatic carbocycles. The lowest BCUT2D eigenvalue weighted by atomic mass is 10.1. The second-order valence-electron chi connectivity index (χ2n) is 5.62. The Labute approximate surface area is 125 Å². The molecular formula is C12H18F3N2O4P. The predicted octanol–water partition coefficient (Wildman–Crippen LogP) is 3.06. The minimum absolute atomic E-state index is 0.131. The maximum atomic E-state index is 13.2. The van der Waals surface area contributed by atoms with Gasteiger partial charge in [0.2, 0.25) is 0 Å². The Bertz CT molecular complexity index is 604. The van der Waals surface area contributed by atoms with Crippen LogP contribution in [-0.4, -0.2) is 33.2 Å². The summed E-state index contributed by atoms with van der Waals surface area (Å²) in [7, 11) is -4.27. The van der Waals surface area contributed by atoms with Crippen molar-refractivity contribution < 1.29 is 31.9 Å². The van der Waals surface area contributed by atoms with E-state index in [0.29, 0.717) is 4.68 Å². The molecule has 1 atom stereocenters. The molecule has 0 aliphatic heterocycles. The van der Waals surface area contributed by atoms with Crippen LogP contribution in [0, 0.1) is 0 Å². The maximum Gasteiger partial charge on any atom is 0.433 e. The van der Waals surface area contributed by atoms with Gasteiger partial charge in [-0.1, -0.05) is 0 Å². The largest absolute Gasteiger partial charge is 0.433 e. The van der Waals surface area contributed by atoms with Crippen molar-refractivity contribution in [2.75, 3.05) is 12.8 Å². The molecule has 0 fully saturated rings. The molecule has 0 radical (unpaired) electrons. The summed E-state index contributed by atoms with van der Waals surface area (Å²) in [6.07, 6.45) is -5.08. The van der Waals surface area contributed by atoms with Gasteiger partial charge in [-0.2, -0.15) is 18.3 Å². The highest BCUT2D eigenvalue weighted by Gasteiger charge is 2.43. The predicted molar refractivity (Wildman–Crippen MR) is 72.9 cm³/mol. The Kier molecular flexibility index (Phi) is 5.26. The van der Waals surface area contributed by atoms with Crippen molar-refractivity contribution in [1.82, 2.24) is 9.78 Å². The summed E-state index contributed by atoms with van der Waals surface area (Å²) >= 11 is 0. The average Bonchev–Trinajstić information content (AvgIpc) is 2.71. The van der Waals surface area contributed by atoms with Crippen LogP contribution in [0.5, 0.6) is 0 Å². The van der Waals surface area contributed by atoms with Crippen molar-refractivity contribution in [3.05, 3.63) is 17.5 Å². The second-order valence-corrected chi connectivity index (χ2v) is 7.47. The first-order chi connectivity index (χ1) is 9.79. The Morgan fingerprint density at radius 2 is 1.95 bits per heavy atom. The number of hydrogen-bond acceptors (Lipinski definition) is 4. The average molecular weight is 342 g/mol. The number of ketones is 1. The second kappa shape index (κ2) is 6.14. The zero-order valence-corrected chi connectivity index (χ0v) is 13.5. The van der Waals surface area contributed by atoms with Crippen LogP contribution < -0.4 is 0 Å². The number of hydrogen-bond donors (Lipinski definition) is 1. The lowest BCUT2D eigenvalue weighted by molar-refractivity contribution is -0.146. The van der Waals surface area contributed by atoms with Gasteiger partial charge in [-0.15, -0.1) is 0 Å². The van der Waals surface area contributed by atoms with Gasteiger partial charge >= 0.3 is 13.8 Å². The number of carbonyl (C=O) groups is 1. The number of rotatable bonds is 5. The molecule has 1 rings (SSSR count). The first-order valence-electron chi connectivity index (χ1n) is 6.45. The van der Waals surface area contributed by atoms with Crippen LogP contribution in [0.3, 0.4) is 0 Å². The van der Waals surface area contributed by atoms with Crippen molar-refractivity contribution in [2.24, 2.45) is 0 Å². The van der Waals surface area contributed by atoms with Crippen LogP contribution in [0.1, 0.15) is 43.7 Å². The van der Waals surface area contributed by atoms with Crippen molar-refractivity contribution in [3.8, 4) is 0 Å². The van der Waals surface area contributed by atoms with Crippen molar-refractivity contribution in [2.45, 2.75) is 39.4 Å². The summed E-state index contributed by atoms with van der Waals surface area (Å²) in [5.74, 6) is -1.14. The zero-order chi connectivity index (χ0) is 17.3. The molecule has 0 saturated heterocycles. The molecule has 0 bridgehead atoms. The van der Waals surface area contributed by atoms with Crippen LogP contribution in [0.2, 0.25) is 0 Å². The molecule has 126 valence electrons. The van der Waals surface area contributed by atoms with Crippen LogP contribution in [0.15, 0.2) is 6.20 Å². The molecule has 1 aromatic heterocycles. The Morgan fingerprint density at radius 1 is 1.41 bits per heavy atom. The van der Waals surface area contributed by atoms with Crippen molar-refractivity contribution in [1.29, 1.82) is 0 Å². The van der Waals surface area contributed by atoms with E-state index < -0.39 is 42.5 Å². The van der Waals surface area contributed by atoms with Gasteiger partial charge < -0.3 is 9.42 Å². The number of halogens is 3. The van der Waals surface area contributed by atoms with Gasteiger partial charge in [0.05, 0.1) is 23.9 Å². The highest BCUT2D eigenvalue weighted by atomic mass is 31.2. The summed E-state index contributed by atoms with van der Waals surface area (Å²) in [4.78, 5) is 21.4. The molecule has 1 unspecified atom stereocenters. The summed E-state index contributed by atoms with van der Waals surface area (Å²) in [5.41, 5.74) is -2.98. The molecule has 1 aromatic rings. The van der Waals surface area contributed by atoms with Crippen LogP contribution in [0.25, 0.3) is 0 Å². The molecule has 0 amide bonds. The molecule has 0 aliphatic rings. The smallest absolute Gasteiger partial charge is 0.324 e. The number of nitrogens with zero attached hydrogens (tertiary/aromatic N) is 2. The topological polar surface area (TPSA) is 81.4 Å². The lowest BCUT2D eigenvalue weighted by Gasteiger charge is -2.23. The molecule has 1 heterocycles. The summed E-state index contributed by atoms with van der Waals surface area (Å²) in [6, 6.07) is 0. The highest BCUT2D eigenvalue weighted by molar-refractivity contribution is 7.53. The van der Waals surface area contributed by atoms with E-state index in [-0.39, 0.29) is 6.61 Å². The van der Waals surface area contributed by atoms with Crippen LogP contribution in [0.4, 0.5) is 13.2 Å². The molecule has 6 nitrogen and oxygen atoms in total. The number of carbonyl (C=O) groups excluding carboxylic acids is 1. The van der Waals surface area contributed by atoms with E-state index in [1.54, 1.807) is 0 Å². The first-order valence-corrected chi connectivity index (χ1v) is 8.21. The standard InChI is InChI=1S/C12H18F3N2O4P/c1-5-21-22(19,20)7-9(18)8-6-16-17(11(2,3)4)10(8)12(13,14)15/h6H,5,7H2,1-4H3,(H,19,20). The van der Waals surface area contributed by atoms with Crippen LogP contribution >= 0.6 is 7.60 Å². The van der Waals surface area contributed by atoms with E-state index in [9.17, 15) is 27.4 Å². The fraction of sp³-hybridized carbons (Fsp3) is 0.667. The van der Waals surface area contributed by atoms with Gasteiger partial charge in [0.15, 0.2) is 11.5 Å². The van der Waals surface area contributed by atoms with Crippen LogP contribution in [-0.2, 0) is 20.8 Å². The third-order valence-electron chi connectivity index (χ3n) is 2.65. The van der Waals surface area contributed by atoms with Gasteiger partial charge in [-0.25, -0.2) is 0 Å². The third-order valence-corrected chi connectivity index (χ3v) is 4.00. The van der Waals surface area contributed by atoms with Crippen molar-refractivity contribution in [3.63, 3.8) is 0 Å². The van der Waals surface area contributed by atoms with Gasteiger partial charge in [0, 0.05) is 0 Å². The third kappa shape index (κ3) is 4.41. The number of aromatic nitrogens is 2. The molecular weight excluding hydrogens is 324 g/mol. The molecule has 1 N–H and O–H groups in total. The first kappa shape index (κ1) is 18.9. The van der Waals surface area contributed by atoms with Gasteiger partial charge in [-0.05, 0) is 27.7 Å². The number of alkyl halides is 3. The van der Waals surface area contributed by atoms with E-state index in [0.717, 1.165) is 6.20 Å². The zero-order valence-electron chi connectivity index (χ0n) is 12.6.